The van der Waals surface area contributed by atoms with Gasteiger partial charge in [0.1, 0.15) is 6.04 Å². The lowest BCUT2D eigenvalue weighted by Gasteiger charge is -2.24. The molecule has 0 spiro atoms. The second-order valence-electron chi connectivity index (χ2n) is 4.42. The predicted octanol–water partition coefficient (Wildman–Crippen LogP) is 1.72. The first-order valence-corrected chi connectivity index (χ1v) is 6.25. The maximum Gasteiger partial charge on any atom is 0.243 e. The number of halogens is 1. The SMILES string of the molecule is Nc1nc2ccc(Cl)cc2n1C1CCCNC1=O. The molecule has 1 unspecified atom stereocenters. The van der Waals surface area contributed by atoms with Crippen LogP contribution in [0.15, 0.2) is 18.2 Å². The van der Waals surface area contributed by atoms with Gasteiger partial charge in [0, 0.05) is 11.6 Å². The molecule has 2 aromatic rings. The van der Waals surface area contributed by atoms with Crippen molar-refractivity contribution in [2.24, 2.45) is 0 Å². The number of imidazole rings is 1. The molecule has 1 aliphatic rings. The number of benzene rings is 1. The highest BCUT2D eigenvalue weighted by Gasteiger charge is 2.27. The van der Waals surface area contributed by atoms with Gasteiger partial charge in [0.25, 0.3) is 0 Å². The van der Waals surface area contributed by atoms with E-state index in [1.807, 2.05) is 6.07 Å². The van der Waals surface area contributed by atoms with E-state index in [9.17, 15) is 4.79 Å². The zero-order valence-electron chi connectivity index (χ0n) is 9.69. The summed E-state index contributed by atoms with van der Waals surface area (Å²) >= 11 is 5.99. The Morgan fingerprint density at radius 3 is 3.11 bits per heavy atom. The number of nitrogens with two attached hydrogens (primary N) is 1. The van der Waals surface area contributed by atoms with E-state index in [0.29, 0.717) is 11.0 Å². The normalized spacial score (nSPS) is 20.1. The number of anilines is 1. The quantitative estimate of drug-likeness (QED) is 0.824. The summed E-state index contributed by atoms with van der Waals surface area (Å²) in [6, 6.07) is 5.08. The number of amides is 1. The molecule has 0 bridgehead atoms. The van der Waals surface area contributed by atoms with Crippen molar-refractivity contribution in [3.8, 4) is 0 Å². The molecule has 1 aliphatic heterocycles. The third-order valence-corrected chi connectivity index (χ3v) is 3.48. The molecule has 1 atom stereocenters. The molecular formula is C12H13ClN4O. The van der Waals surface area contributed by atoms with Gasteiger partial charge in [-0.1, -0.05) is 11.6 Å². The van der Waals surface area contributed by atoms with E-state index in [1.54, 1.807) is 16.7 Å². The lowest BCUT2D eigenvalue weighted by Crippen LogP contribution is -2.38. The number of hydrogen-bond acceptors (Lipinski definition) is 3. The van der Waals surface area contributed by atoms with Crippen molar-refractivity contribution in [2.75, 3.05) is 12.3 Å². The molecule has 1 aromatic carbocycles. The molecule has 94 valence electrons. The van der Waals surface area contributed by atoms with Crippen LogP contribution >= 0.6 is 11.6 Å². The second kappa shape index (κ2) is 4.17. The Balaban J connectivity index is 2.17. The zero-order chi connectivity index (χ0) is 12.7. The number of nitrogen functional groups attached to an aromatic ring is 1. The Bertz CT molecular complexity index is 622. The minimum atomic E-state index is -0.290. The minimum Gasteiger partial charge on any atom is -0.369 e. The van der Waals surface area contributed by atoms with Crippen molar-refractivity contribution in [3.05, 3.63) is 23.2 Å². The summed E-state index contributed by atoms with van der Waals surface area (Å²) in [6.07, 6.45) is 1.71. The van der Waals surface area contributed by atoms with Crippen LogP contribution in [-0.2, 0) is 4.79 Å². The van der Waals surface area contributed by atoms with Gasteiger partial charge in [0.05, 0.1) is 11.0 Å². The Kier molecular flexibility index (Phi) is 2.63. The van der Waals surface area contributed by atoms with E-state index < -0.39 is 0 Å². The van der Waals surface area contributed by atoms with Gasteiger partial charge in [-0.05, 0) is 31.0 Å². The number of hydrogen-bond donors (Lipinski definition) is 2. The van der Waals surface area contributed by atoms with Crippen LogP contribution in [0, 0.1) is 0 Å². The van der Waals surface area contributed by atoms with Gasteiger partial charge in [-0.3, -0.25) is 9.36 Å². The van der Waals surface area contributed by atoms with Crippen LogP contribution in [0.3, 0.4) is 0 Å². The highest BCUT2D eigenvalue weighted by molar-refractivity contribution is 6.31. The van der Waals surface area contributed by atoms with Crippen molar-refractivity contribution in [1.82, 2.24) is 14.9 Å². The predicted molar refractivity (Wildman–Crippen MR) is 70.4 cm³/mol. The first-order chi connectivity index (χ1) is 8.66. The van der Waals surface area contributed by atoms with Crippen molar-refractivity contribution in [2.45, 2.75) is 18.9 Å². The fourth-order valence-corrected chi connectivity index (χ4v) is 2.58. The summed E-state index contributed by atoms with van der Waals surface area (Å²) in [5, 5.41) is 3.46. The maximum absolute atomic E-state index is 11.9. The Morgan fingerprint density at radius 1 is 1.50 bits per heavy atom. The number of nitrogens with one attached hydrogen (secondary N) is 1. The number of aromatic nitrogens is 2. The summed E-state index contributed by atoms with van der Waals surface area (Å²) in [4.78, 5) is 16.2. The number of rotatable bonds is 1. The molecule has 0 saturated carbocycles. The van der Waals surface area contributed by atoms with Gasteiger partial charge in [-0.15, -0.1) is 0 Å². The first kappa shape index (κ1) is 11.3. The third-order valence-electron chi connectivity index (χ3n) is 3.25. The summed E-state index contributed by atoms with van der Waals surface area (Å²) in [5.41, 5.74) is 7.49. The van der Waals surface area contributed by atoms with E-state index in [4.69, 9.17) is 17.3 Å². The van der Waals surface area contributed by atoms with Gasteiger partial charge in [-0.25, -0.2) is 4.98 Å². The summed E-state index contributed by atoms with van der Waals surface area (Å²) in [7, 11) is 0. The summed E-state index contributed by atoms with van der Waals surface area (Å²) < 4.78 is 1.77. The highest BCUT2D eigenvalue weighted by Crippen LogP contribution is 2.28. The Hall–Kier alpha value is -1.75. The van der Waals surface area contributed by atoms with Crippen molar-refractivity contribution >= 4 is 34.5 Å². The highest BCUT2D eigenvalue weighted by atomic mass is 35.5. The van der Waals surface area contributed by atoms with Crippen molar-refractivity contribution in [3.63, 3.8) is 0 Å². The topological polar surface area (TPSA) is 72.9 Å². The molecule has 5 nitrogen and oxygen atoms in total. The van der Waals surface area contributed by atoms with Crippen LogP contribution in [0.25, 0.3) is 11.0 Å². The lowest BCUT2D eigenvalue weighted by molar-refractivity contribution is -0.125. The fourth-order valence-electron chi connectivity index (χ4n) is 2.41. The van der Waals surface area contributed by atoms with Crippen LogP contribution in [0.1, 0.15) is 18.9 Å². The average Bonchev–Trinajstić information content (AvgIpc) is 2.66. The number of fused-ring (bicyclic) bond motifs is 1. The molecule has 2 heterocycles. The molecule has 0 aliphatic carbocycles. The zero-order valence-corrected chi connectivity index (χ0v) is 10.4. The van der Waals surface area contributed by atoms with E-state index in [0.717, 1.165) is 30.4 Å². The Labute approximate surface area is 109 Å². The second-order valence-corrected chi connectivity index (χ2v) is 4.86. The largest absolute Gasteiger partial charge is 0.369 e. The monoisotopic (exact) mass is 264 g/mol. The minimum absolute atomic E-state index is 0.00720. The van der Waals surface area contributed by atoms with Gasteiger partial charge < -0.3 is 11.1 Å². The number of piperidine rings is 1. The van der Waals surface area contributed by atoms with E-state index in [2.05, 4.69) is 10.3 Å². The summed E-state index contributed by atoms with van der Waals surface area (Å²) in [6.45, 7) is 0.725. The van der Waals surface area contributed by atoms with Crippen LogP contribution in [0.5, 0.6) is 0 Å². The van der Waals surface area contributed by atoms with Gasteiger partial charge in [0.15, 0.2) is 0 Å². The van der Waals surface area contributed by atoms with Gasteiger partial charge in [0.2, 0.25) is 11.9 Å². The third kappa shape index (κ3) is 1.71. The molecular weight excluding hydrogens is 252 g/mol. The first-order valence-electron chi connectivity index (χ1n) is 5.87. The molecule has 1 fully saturated rings. The molecule has 3 N–H and O–H groups in total. The molecule has 1 saturated heterocycles. The van der Waals surface area contributed by atoms with Crippen LogP contribution in [-0.4, -0.2) is 22.0 Å². The standard InChI is InChI=1S/C12H13ClN4O/c13-7-3-4-8-10(6-7)17(12(14)16-8)9-2-1-5-15-11(9)18/h3-4,6,9H,1-2,5H2,(H2,14,16)(H,15,18). The van der Waals surface area contributed by atoms with E-state index >= 15 is 0 Å². The smallest absolute Gasteiger partial charge is 0.243 e. The van der Waals surface area contributed by atoms with Gasteiger partial charge >= 0.3 is 0 Å². The Morgan fingerprint density at radius 2 is 2.33 bits per heavy atom. The number of carbonyl (C=O) groups excluding carboxylic acids is 1. The maximum atomic E-state index is 11.9. The van der Waals surface area contributed by atoms with Crippen molar-refractivity contribution in [1.29, 1.82) is 0 Å². The van der Waals surface area contributed by atoms with E-state index in [1.165, 1.54) is 0 Å². The van der Waals surface area contributed by atoms with Crippen LogP contribution < -0.4 is 11.1 Å². The molecule has 1 aromatic heterocycles. The van der Waals surface area contributed by atoms with Gasteiger partial charge in [-0.2, -0.15) is 0 Å². The number of carbonyl (C=O) groups is 1. The van der Waals surface area contributed by atoms with Crippen LogP contribution in [0.4, 0.5) is 5.95 Å². The number of nitrogens with zero attached hydrogens (tertiary/aromatic N) is 2. The molecule has 0 radical (unpaired) electrons. The molecule has 18 heavy (non-hydrogen) atoms. The van der Waals surface area contributed by atoms with E-state index in [-0.39, 0.29) is 11.9 Å². The fraction of sp³-hybridized carbons (Fsp3) is 0.333. The average molecular weight is 265 g/mol. The molecule has 1 amide bonds. The van der Waals surface area contributed by atoms with Crippen LogP contribution in [0.2, 0.25) is 5.02 Å². The lowest BCUT2D eigenvalue weighted by atomic mass is 10.1. The van der Waals surface area contributed by atoms with Crippen molar-refractivity contribution < 1.29 is 4.79 Å². The molecule has 3 rings (SSSR count). The summed E-state index contributed by atoms with van der Waals surface area (Å²) in [5.74, 6) is 0.349. The molecule has 6 heteroatoms.